The van der Waals surface area contributed by atoms with Crippen molar-refractivity contribution in [1.82, 2.24) is 14.5 Å². The van der Waals surface area contributed by atoms with Crippen LogP contribution in [-0.2, 0) is 7.05 Å². The molecule has 0 atom stereocenters. The molecule has 1 aliphatic heterocycles. The Labute approximate surface area is 91.3 Å². The Bertz CT molecular complexity index is 299. The second kappa shape index (κ2) is 4.66. The number of aryl methyl sites for hydroxylation is 1. The van der Waals surface area contributed by atoms with E-state index in [0.29, 0.717) is 6.04 Å². The summed E-state index contributed by atoms with van der Waals surface area (Å²) in [5.41, 5.74) is 0. The summed E-state index contributed by atoms with van der Waals surface area (Å²) in [4.78, 5) is 6.78. The molecule has 4 nitrogen and oxygen atoms in total. The van der Waals surface area contributed by atoms with E-state index in [2.05, 4.69) is 22.1 Å². The summed E-state index contributed by atoms with van der Waals surface area (Å²) in [6, 6.07) is 0.592. The number of piperidine rings is 1. The molecule has 0 amide bonds. The Kier molecular flexibility index (Phi) is 3.26. The summed E-state index contributed by atoms with van der Waals surface area (Å²) < 4.78 is 2.03. The van der Waals surface area contributed by atoms with Gasteiger partial charge in [-0.05, 0) is 19.4 Å². The van der Waals surface area contributed by atoms with Crippen molar-refractivity contribution in [3.05, 3.63) is 12.4 Å². The topological polar surface area (TPSA) is 33.1 Å². The van der Waals surface area contributed by atoms with E-state index >= 15 is 0 Å². The van der Waals surface area contributed by atoms with E-state index in [0.717, 1.165) is 5.95 Å². The van der Waals surface area contributed by atoms with Crippen molar-refractivity contribution in [3.8, 4) is 0 Å². The average Bonchev–Trinajstić information content (AvgIpc) is 2.66. The second-order valence-electron chi connectivity index (χ2n) is 4.21. The predicted octanol–water partition coefficient (Wildman–Crippen LogP) is 1.32. The summed E-state index contributed by atoms with van der Waals surface area (Å²) >= 11 is 0. The number of anilines is 1. The third-order valence-corrected chi connectivity index (χ3v) is 3.19. The molecule has 0 saturated carbocycles. The smallest absolute Gasteiger partial charge is 0.202 e. The van der Waals surface area contributed by atoms with Gasteiger partial charge in [-0.2, -0.15) is 0 Å². The minimum atomic E-state index is 0.592. The molecule has 0 bridgehead atoms. The number of nitrogens with zero attached hydrogens (tertiary/aromatic N) is 3. The predicted molar refractivity (Wildman–Crippen MR) is 62.0 cm³/mol. The van der Waals surface area contributed by atoms with Crippen molar-refractivity contribution in [3.63, 3.8) is 0 Å². The molecule has 1 aromatic heterocycles. The first-order valence-electron chi connectivity index (χ1n) is 5.76. The maximum atomic E-state index is 4.29. The van der Waals surface area contributed by atoms with Gasteiger partial charge in [-0.15, -0.1) is 0 Å². The molecule has 84 valence electrons. The monoisotopic (exact) mass is 208 g/mol. The molecule has 2 rings (SSSR count). The van der Waals surface area contributed by atoms with Crippen LogP contribution in [0.15, 0.2) is 12.4 Å². The Hall–Kier alpha value is -1.03. The van der Waals surface area contributed by atoms with Crippen LogP contribution < -0.4 is 5.32 Å². The fraction of sp³-hybridized carbons (Fsp3) is 0.727. The van der Waals surface area contributed by atoms with Gasteiger partial charge in [0.2, 0.25) is 5.95 Å². The molecule has 0 aliphatic carbocycles. The van der Waals surface area contributed by atoms with Gasteiger partial charge in [0.1, 0.15) is 0 Å². The van der Waals surface area contributed by atoms with Crippen molar-refractivity contribution < 1.29 is 0 Å². The molecule has 0 radical (unpaired) electrons. The summed E-state index contributed by atoms with van der Waals surface area (Å²) in [7, 11) is 2.02. The molecule has 1 saturated heterocycles. The Morgan fingerprint density at radius 3 is 2.73 bits per heavy atom. The molecule has 0 unspecified atom stereocenters. The van der Waals surface area contributed by atoms with Crippen molar-refractivity contribution in [1.29, 1.82) is 0 Å². The number of aromatic nitrogens is 2. The lowest BCUT2D eigenvalue weighted by molar-refractivity contribution is 0.229. The summed E-state index contributed by atoms with van der Waals surface area (Å²) in [5.74, 6) is 0.991. The third kappa shape index (κ3) is 2.50. The molecule has 1 fully saturated rings. The number of nitrogens with one attached hydrogen (secondary N) is 1. The van der Waals surface area contributed by atoms with Crippen LogP contribution in [0.2, 0.25) is 0 Å². The van der Waals surface area contributed by atoms with E-state index < -0.39 is 0 Å². The summed E-state index contributed by atoms with van der Waals surface area (Å²) in [5, 5.41) is 3.50. The van der Waals surface area contributed by atoms with Crippen LogP contribution in [0.4, 0.5) is 5.95 Å². The number of likely N-dealkylation sites (tertiary alicyclic amines) is 1. The van der Waals surface area contributed by atoms with Gasteiger partial charge in [-0.25, -0.2) is 4.98 Å². The van der Waals surface area contributed by atoms with E-state index in [4.69, 9.17) is 0 Å². The Balaban J connectivity index is 1.85. The lowest BCUT2D eigenvalue weighted by Crippen LogP contribution is -2.39. The number of hydrogen-bond acceptors (Lipinski definition) is 3. The van der Waals surface area contributed by atoms with Crippen LogP contribution >= 0.6 is 0 Å². The molecule has 4 heteroatoms. The zero-order valence-corrected chi connectivity index (χ0v) is 9.61. The van der Waals surface area contributed by atoms with Crippen molar-refractivity contribution in [2.24, 2.45) is 7.05 Å². The van der Waals surface area contributed by atoms with Gasteiger partial charge < -0.3 is 14.8 Å². The van der Waals surface area contributed by atoms with Crippen molar-refractivity contribution >= 4 is 5.95 Å². The number of rotatable bonds is 3. The van der Waals surface area contributed by atoms with Crippen LogP contribution in [-0.4, -0.2) is 40.1 Å². The van der Waals surface area contributed by atoms with E-state index in [1.807, 2.05) is 24.0 Å². The molecule has 1 aliphatic rings. The van der Waals surface area contributed by atoms with E-state index in [9.17, 15) is 0 Å². The highest BCUT2D eigenvalue weighted by Crippen LogP contribution is 2.14. The molecule has 0 aromatic carbocycles. The molecule has 2 heterocycles. The Morgan fingerprint density at radius 2 is 2.20 bits per heavy atom. The standard InChI is InChI=1S/C11H20N4/c1-3-15-7-4-10(5-8-15)13-11-12-6-9-14(11)2/h6,9-10H,3-5,7-8H2,1-2H3,(H,12,13). The van der Waals surface area contributed by atoms with Crippen molar-refractivity contribution in [2.75, 3.05) is 25.0 Å². The highest BCUT2D eigenvalue weighted by atomic mass is 15.2. The number of hydrogen-bond donors (Lipinski definition) is 1. The normalized spacial score (nSPS) is 19.3. The van der Waals surface area contributed by atoms with Crippen LogP contribution in [0.5, 0.6) is 0 Å². The molecular weight excluding hydrogens is 188 g/mol. The Morgan fingerprint density at radius 1 is 1.47 bits per heavy atom. The van der Waals surface area contributed by atoms with Gasteiger partial charge in [-0.3, -0.25) is 0 Å². The zero-order chi connectivity index (χ0) is 10.7. The molecular formula is C11H20N4. The van der Waals surface area contributed by atoms with E-state index in [1.54, 1.807) is 0 Å². The summed E-state index contributed by atoms with van der Waals surface area (Å²) in [6.45, 7) is 5.82. The average molecular weight is 208 g/mol. The first kappa shape index (κ1) is 10.5. The van der Waals surface area contributed by atoms with E-state index in [-0.39, 0.29) is 0 Å². The lowest BCUT2D eigenvalue weighted by Gasteiger charge is -2.31. The first-order chi connectivity index (χ1) is 7.29. The van der Waals surface area contributed by atoms with Gasteiger partial charge in [0.05, 0.1) is 0 Å². The van der Waals surface area contributed by atoms with Gasteiger partial charge >= 0.3 is 0 Å². The highest BCUT2D eigenvalue weighted by Gasteiger charge is 2.18. The maximum Gasteiger partial charge on any atom is 0.202 e. The van der Waals surface area contributed by atoms with Gasteiger partial charge in [-0.1, -0.05) is 6.92 Å². The molecule has 1 aromatic rings. The van der Waals surface area contributed by atoms with Crippen LogP contribution in [0.3, 0.4) is 0 Å². The second-order valence-corrected chi connectivity index (χ2v) is 4.21. The first-order valence-corrected chi connectivity index (χ1v) is 5.76. The number of imidazole rings is 1. The van der Waals surface area contributed by atoms with Gasteiger partial charge in [0, 0.05) is 38.6 Å². The van der Waals surface area contributed by atoms with Crippen LogP contribution in [0.1, 0.15) is 19.8 Å². The maximum absolute atomic E-state index is 4.29. The largest absolute Gasteiger partial charge is 0.353 e. The summed E-state index contributed by atoms with van der Waals surface area (Å²) in [6.07, 6.45) is 6.26. The van der Waals surface area contributed by atoms with Gasteiger partial charge in [0.15, 0.2) is 0 Å². The molecule has 15 heavy (non-hydrogen) atoms. The molecule has 1 N–H and O–H groups in total. The zero-order valence-electron chi connectivity index (χ0n) is 9.61. The highest BCUT2D eigenvalue weighted by molar-refractivity contribution is 5.27. The fourth-order valence-electron chi connectivity index (χ4n) is 2.08. The minimum absolute atomic E-state index is 0.592. The lowest BCUT2D eigenvalue weighted by atomic mass is 10.1. The quantitative estimate of drug-likeness (QED) is 0.813. The SMILES string of the molecule is CCN1CCC(Nc2nccn2C)CC1. The van der Waals surface area contributed by atoms with Crippen LogP contribution in [0.25, 0.3) is 0 Å². The van der Waals surface area contributed by atoms with E-state index in [1.165, 1.54) is 32.5 Å². The van der Waals surface area contributed by atoms with Gasteiger partial charge in [0.25, 0.3) is 0 Å². The molecule has 0 spiro atoms. The third-order valence-electron chi connectivity index (χ3n) is 3.19. The van der Waals surface area contributed by atoms with Crippen molar-refractivity contribution in [2.45, 2.75) is 25.8 Å². The van der Waals surface area contributed by atoms with Crippen LogP contribution in [0, 0.1) is 0 Å². The minimum Gasteiger partial charge on any atom is -0.353 e. The fourth-order valence-corrected chi connectivity index (χ4v) is 2.08.